The van der Waals surface area contributed by atoms with Gasteiger partial charge < -0.3 is 5.11 Å². The molecule has 0 aliphatic rings. The Morgan fingerprint density at radius 1 is 1.79 bits per heavy atom. The topological polar surface area (TPSA) is 90.9 Å². The molecule has 78 valence electrons. The van der Waals surface area contributed by atoms with Crippen molar-refractivity contribution in [2.75, 3.05) is 0 Å². The van der Waals surface area contributed by atoms with Gasteiger partial charge in [0.2, 0.25) is 0 Å². The second kappa shape index (κ2) is 4.71. The maximum atomic E-state index is 10.7. The van der Waals surface area contributed by atoms with Gasteiger partial charge in [0.1, 0.15) is 18.2 Å². The molecular weight excluding hydrogens is 184 g/mol. The van der Waals surface area contributed by atoms with E-state index in [0.29, 0.717) is 12.2 Å². The number of hydrogen-bond donors (Lipinski definition) is 3. The van der Waals surface area contributed by atoms with Crippen LogP contribution in [0.2, 0.25) is 0 Å². The summed E-state index contributed by atoms with van der Waals surface area (Å²) >= 11 is 0. The van der Waals surface area contributed by atoms with Crippen LogP contribution in [0.5, 0.6) is 0 Å². The summed E-state index contributed by atoms with van der Waals surface area (Å²) in [7, 11) is 0. The van der Waals surface area contributed by atoms with E-state index in [9.17, 15) is 4.79 Å². The van der Waals surface area contributed by atoms with Crippen LogP contribution in [0, 0.1) is 0 Å². The second-order valence-electron chi connectivity index (χ2n) is 3.06. The van der Waals surface area contributed by atoms with Crippen molar-refractivity contribution in [1.82, 2.24) is 20.5 Å². The Morgan fingerprint density at radius 2 is 2.50 bits per heavy atom. The standard InChI is InChI=1S/C8H14N4O2/c1-3-6(8(13)14)11-5(2)7-9-4-10-12-7/h4-6,11H,3H2,1-2H3,(H,13,14)(H,9,10,12). The first kappa shape index (κ1) is 10.6. The monoisotopic (exact) mass is 198 g/mol. The van der Waals surface area contributed by atoms with Crippen LogP contribution in [-0.4, -0.2) is 32.3 Å². The lowest BCUT2D eigenvalue weighted by atomic mass is 10.2. The van der Waals surface area contributed by atoms with E-state index in [0.717, 1.165) is 0 Å². The number of nitrogens with one attached hydrogen (secondary N) is 2. The summed E-state index contributed by atoms with van der Waals surface area (Å²) in [6.07, 6.45) is 1.93. The van der Waals surface area contributed by atoms with Gasteiger partial charge in [0.25, 0.3) is 0 Å². The van der Waals surface area contributed by atoms with E-state index >= 15 is 0 Å². The van der Waals surface area contributed by atoms with Crippen molar-refractivity contribution in [3.63, 3.8) is 0 Å². The molecule has 2 atom stereocenters. The molecule has 0 aliphatic carbocycles. The lowest BCUT2D eigenvalue weighted by Crippen LogP contribution is -2.38. The van der Waals surface area contributed by atoms with E-state index in [4.69, 9.17) is 5.11 Å². The molecular formula is C8H14N4O2. The highest BCUT2D eigenvalue weighted by Gasteiger charge is 2.19. The summed E-state index contributed by atoms with van der Waals surface area (Å²) < 4.78 is 0. The van der Waals surface area contributed by atoms with Crippen molar-refractivity contribution in [3.8, 4) is 0 Å². The first-order valence-corrected chi connectivity index (χ1v) is 4.49. The van der Waals surface area contributed by atoms with Gasteiger partial charge in [-0.3, -0.25) is 15.2 Å². The van der Waals surface area contributed by atoms with Gasteiger partial charge in [-0.25, -0.2) is 4.98 Å². The summed E-state index contributed by atoms with van der Waals surface area (Å²) in [6, 6.07) is -0.686. The average Bonchev–Trinajstić information content (AvgIpc) is 2.65. The lowest BCUT2D eigenvalue weighted by molar-refractivity contribution is -0.139. The van der Waals surface area contributed by atoms with Crippen molar-refractivity contribution in [2.45, 2.75) is 32.4 Å². The van der Waals surface area contributed by atoms with Crippen LogP contribution in [0.25, 0.3) is 0 Å². The highest BCUT2D eigenvalue weighted by molar-refractivity contribution is 5.73. The Bertz CT molecular complexity index is 286. The molecule has 0 spiro atoms. The van der Waals surface area contributed by atoms with Gasteiger partial charge in [-0.05, 0) is 13.3 Å². The highest BCUT2D eigenvalue weighted by Crippen LogP contribution is 2.06. The van der Waals surface area contributed by atoms with Gasteiger partial charge in [0.15, 0.2) is 0 Å². The maximum absolute atomic E-state index is 10.7. The van der Waals surface area contributed by atoms with Crippen LogP contribution in [0.4, 0.5) is 0 Å². The third-order valence-corrected chi connectivity index (χ3v) is 2.00. The second-order valence-corrected chi connectivity index (χ2v) is 3.06. The van der Waals surface area contributed by atoms with Crippen LogP contribution < -0.4 is 5.32 Å². The first-order valence-electron chi connectivity index (χ1n) is 4.49. The molecule has 0 aromatic carbocycles. The molecule has 0 saturated carbocycles. The van der Waals surface area contributed by atoms with E-state index in [2.05, 4.69) is 20.5 Å². The predicted molar refractivity (Wildman–Crippen MR) is 49.6 cm³/mol. The van der Waals surface area contributed by atoms with Crippen LogP contribution in [0.3, 0.4) is 0 Å². The summed E-state index contributed by atoms with van der Waals surface area (Å²) in [5.41, 5.74) is 0. The molecule has 1 aromatic rings. The Labute approximate surface area is 81.7 Å². The fraction of sp³-hybridized carbons (Fsp3) is 0.625. The number of aliphatic carboxylic acids is 1. The molecule has 1 heterocycles. The fourth-order valence-corrected chi connectivity index (χ4v) is 1.17. The number of aromatic nitrogens is 3. The number of rotatable bonds is 5. The molecule has 2 unspecified atom stereocenters. The maximum Gasteiger partial charge on any atom is 0.320 e. The number of nitrogens with zero attached hydrogens (tertiary/aromatic N) is 2. The average molecular weight is 198 g/mol. The van der Waals surface area contributed by atoms with E-state index in [-0.39, 0.29) is 6.04 Å². The molecule has 6 nitrogen and oxygen atoms in total. The third-order valence-electron chi connectivity index (χ3n) is 2.00. The summed E-state index contributed by atoms with van der Waals surface area (Å²) in [5, 5.41) is 18.1. The van der Waals surface area contributed by atoms with Crippen molar-refractivity contribution in [3.05, 3.63) is 12.2 Å². The van der Waals surface area contributed by atoms with E-state index in [1.807, 2.05) is 13.8 Å². The van der Waals surface area contributed by atoms with E-state index < -0.39 is 12.0 Å². The zero-order valence-corrected chi connectivity index (χ0v) is 8.19. The molecule has 0 bridgehead atoms. The Kier molecular flexibility index (Phi) is 3.58. The SMILES string of the molecule is CCC(NC(C)c1ncn[nH]1)C(=O)O. The van der Waals surface area contributed by atoms with Gasteiger partial charge in [-0.15, -0.1) is 0 Å². The van der Waals surface area contributed by atoms with Gasteiger partial charge >= 0.3 is 5.97 Å². The number of H-pyrrole nitrogens is 1. The molecule has 1 rings (SSSR count). The van der Waals surface area contributed by atoms with Crippen molar-refractivity contribution < 1.29 is 9.90 Å². The number of aromatic amines is 1. The molecule has 0 amide bonds. The van der Waals surface area contributed by atoms with Crippen LogP contribution >= 0.6 is 0 Å². The van der Waals surface area contributed by atoms with E-state index in [1.54, 1.807) is 0 Å². The normalized spacial score (nSPS) is 15.0. The van der Waals surface area contributed by atoms with Gasteiger partial charge in [0.05, 0.1) is 6.04 Å². The van der Waals surface area contributed by atoms with Crippen molar-refractivity contribution >= 4 is 5.97 Å². The molecule has 0 aliphatic heterocycles. The Morgan fingerprint density at radius 3 is 2.93 bits per heavy atom. The molecule has 3 N–H and O–H groups in total. The largest absolute Gasteiger partial charge is 0.480 e. The van der Waals surface area contributed by atoms with Crippen molar-refractivity contribution in [2.24, 2.45) is 0 Å². The van der Waals surface area contributed by atoms with E-state index in [1.165, 1.54) is 6.33 Å². The Balaban J connectivity index is 2.55. The lowest BCUT2D eigenvalue weighted by Gasteiger charge is -2.16. The summed E-state index contributed by atoms with van der Waals surface area (Å²) in [6.45, 7) is 3.66. The zero-order chi connectivity index (χ0) is 10.6. The minimum absolute atomic E-state index is 0.140. The van der Waals surface area contributed by atoms with Crippen LogP contribution in [-0.2, 0) is 4.79 Å². The fourth-order valence-electron chi connectivity index (χ4n) is 1.17. The molecule has 0 radical (unpaired) electrons. The smallest absolute Gasteiger partial charge is 0.320 e. The minimum atomic E-state index is -0.848. The number of carbonyl (C=O) groups is 1. The molecule has 14 heavy (non-hydrogen) atoms. The first-order chi connectivity index (χ1) is 6.65. The van der Waals surface area contributed by atoms with Crippen molar-refractivity contribution in [1.29, 1.82) is 0 Å². The molecule has 1 aromatic heterocycles. The Hall–Kier alpha value is -1.43. The number of hydrogen-bond acceptors (Lipinski definition) is 4. The number of carboxylic acid groups (broad SMARTS) is 1. The van der Waals surface area contributed by atoms with Gasteiger partial charge in [-0.2, -0.15) is 5.10 Å². The summed E-state index contributed by atoms with van der Waals surface area (Å²) in [4.78, 5) is 14.7. The molecule has 0 saturated heterocycles. The van der Waals surface area contributed by atoms with Gasteiger partial charge in [0, 0.05) is 0 Å². The highest BCUT2D eigenvalue weighted by atomic mass is 16.4. The quantitative estimate of drug-likeness (QED) is 0.633. The predicted octanol–water partition coefficient (Wildman–Crippen LogP) is 0.318. The number of carboxylic acids is 1. The zero-order valence-electron chi connectivity index (χ0n) is 8.19. The van der Waals surface area contributed by atoms with Gasteiger partial charge in [-0.1, -0.05) is 6.92 Å². The third kappa shape index (κ3) is 2.53. The summed E-state index contributed by atoms with van der Waals surface area (Å²) in [5.74, 6) is -0.205. The minimum Gasteiger partial charge on any atom is -0.480 e. The van der Waals surface area contributed by atoms with Crippen LogP contribution in [0.1, 0.15) is 32.1 Å². The molecule has 0 fully saturated rings. The van der Waals surface area contributed by atoms with Crippen LogP contribution in [0.15, 0.2) is 6.33 Å². The molecule has 6 heteroatoms.